The molecule has 3 heterocycles. The van der Waals surface area contributed by atoms with Crippen LogP contribution in [0, 0.1) is 0 Å². The van der Waals surface area contributed by atoms with Crippen molar-refractivity contribution in [2.24, 2.45) is 5.73 Å². The number of hydrogen-bond donors (Lipinski definition) is 1. The van der Waals surface area contributed by atoms with Crippen molar-refractivity contribution in [1.82, 2.24) is 14.5 Å². The van der Waals surface area contributed by atoms with Crippen LogP contribution in [0.5, 0.6) is 0 Å². The molecule has 4 heteroatoms. The van der Waals surface area contributed by atoms with Gasteiger partial charge >= 0.3 is 0 Å². The van der Waals surface area contributed by atoms with Gasteiger partial charge in [-0.15, -0.1) is 0 Å². The molecular formula is C13H22N4. The number of nitrogens with zero attached hydrogens (tertiary/aromatic N) is 3. The molecule has 0 aromatic carbocycles. The van der Waals surface area contributed by atoms with Crippen LogP contribution in [0.2, 0.25) is 0 Å². The largest absolute Gasteiger partial charge is 0.330 e. The van der Waals surface area contributed by atoms with Gasteiger partial charge in [0, 0.05) is 37.4 Å². The van der Waals surface area contributed by atoms with E-state index in [1.165, 1.54) is 37.4 Å². The fraction of sp³-hybridized carbons (Fsp3) is 0.769. The molecule has 1 aromatic heterocycles. The summed E-state index contributed by atoms with van der Waals surface area (Å²) in [6.07, 6.45) is 8.06. The maximum atomic E-state index is 6.04. The number of likely N-dealkylation sites (tertiary alicyclic amines) is 1. The van der Waals surface area contributed by atoms with Gasteiger partial charge in [0.25, 0.3) is 0 Å². The average Bonchev–Trinajstić information content (AvgIpc) is 2.94. The Morgan fingerprint density at radius 1 is 1.35 bits per heavy atom. The third-order valence-electron chi connectivity index (χ3n) is 4.06. The second kappa shape index (κ2) is 4.78. The Morgan fingerprint density at radius 2 is 2.18 bits per heavy atom. The molecule has 3 rings (SSSR count). The Bertz CT molecular complexity index is 379. The minimum Gasteiger partial charge on any atom is -0.330 e. The van der Waals surface area contributed by atoms with E-state index in [0.717, 1.165) is 32.4 Å². The Labute approximate surface area is 103 Å². The summed E-state index contributed by atoms with van der Waals surface area (Å²) in [4.78, 5) is 7.12. The van der Waals surface area contributed by atoms with Gasteiger partial charge in [-0.05, 0) is 38.8 Å². The third-order valence-corrected chi connectivity index (χ3v) is 4.06. The highest BCUT2D eigenvalue weighted by Gasteiger charge is 2.19. The molecular weight excluding hydrogens is 212 g/mol. The van der Waals surface area contributed by atoms with Gasteiger partial charge in [0.2, 0.25) is 0 Å². The highest BCUT2D eigenvalue weighted by Crippen LogP contribution is 2.17. The Kier molecular flexibility index (Phi) is 3.16. The molecule has 1 aromatic rings. The van der Waals surface area contributed by atoms with Gasteiger partial charge in [0.15, 0.2) is 0 Å². The van der Waals surface area contributed by atoms with Crippen LogP contribution in [0.4, 0.5) is 0 Å². The number of rotatable bonds is 3. The van der Waals surface area contributed by atoms with Crippen LogP contribution in [-0.2, 0) is 19.4 Å². The van der Waals surface area contributed by atoms with Crippen molar-refractivity contribution in [3.63, 3.8) is 0 Å². The Morgan fingerprint density at radius 3 is 3.00 bits per heavy atom. The summed E-state index contributed by atoms with van der Waals surface area (Å²) in [6, 6.07) is 0.322. The summed E-state index contributed by atoms with van der Waals surface area (Å²) in [6.45, 7) is 4.66. The minimum absolute atomic E-state index is 0.322. The molecule has 0 radical (unpaired) electrons. The summed E-state index contributed by atoms with van der Waals surface area (Å²) >= 11 is 0. The van der Waals surface area contributed by atoms with Gasteiger partial charge in [0.05, 0.1) is 0 Å². The summed E-state index contributed by atoms with van der Waals surface area (Å²) in [7, 11) is 0. The first-order chi connectivity index (χ1) is 8.33. The van der Waals surface area contributed by atoms with Crippen LogP contribution in [0.25, 0.3) is 0 Å². The zero-order valence-electron chi connectivity index (χ0n) is 10.4. The van der Waals surface area contributed by atoms with Gasteiger partial charge in [-0.2, -0.15) is 0 Å². The lowest BCUT2D eigenvalue weighted by Gasteiger charge is -2.23. The molecule has 1 fully saturated rings. The molecule has 0 amide bonds. The molecule has 1 unspecified atom stereocenters. The highest BCUT2D eigenvalue weighted by atomic mass is 15.2. The molecule has 0 spiro atoms. The second-order valence-corrected chi connectivity index (χ2v) is 5.37. The number of fused-ring (bicyclic) bond motifs is 1. The predicted molar refractivity (Wildman–Crippen MR) is 67.9 cm³/mol. The van der Waals surface area contributed by atoms with Crippen molar-refractivity contribution >= 4 is 0 Å². The van der Waals surface area contributed by atoms with Gasteiger partial charge in [-0.25, -0.2) is 4.98 Å². The topological polar surface area (TPSA) is 47.1 Å². The molecule has 94 valence electrons. The van der Waals surface area contributed by atoms with E-state index in [-0.39, 0.29) is 0 Å². The average molecular weight is 234 g/mol. The monoisotopic (exact) mass is 234 g/mol. The molecule has 2 N–H and O–H groups in total. The molecule has 2 aliphatic heterocycles. The van der Waals surface area contributed by atoms with Crippen molar-refractivity contribution < 1.29 is 0 Å². The van der Waals surface area contributed by atoms with E-state index in [9.17, 15) is 0 Å². The lowest BCUT2D eigenvalue weighted by molar-refractivity contribution is 0.336. The van der Waals surface area contributed by atoms with Crippen LogP contribution in [0.15, 0.2) is 6.20 Å². The van der Waals surface area contributed by atoms with E-state index in [2.05, 4.69) is 14.5 Å². The standard InChI is InChI=1S/C13H22N4/c14-11-3-4-12-9-15-13(17(12)10-11)5-8-16-6-1-2-7-16/h9,11H,1-8,10,14H2. The maximum Gasteiger partial charge on any atom is 0.110 e. The summed E-state index contributed by atoms with van der Waals surface area (Å²) in [5.74, 6) is 1.24. The van der Waals surface area contributed by atoms with Crippen LogP contribution in [0.3, 0.4) is 0 Å². The minimum atomic E-state index is 0.322. The van der Waals surface area contributed by atoms with Crippen LogP contribution in [0.1, 0.15) is 30.8 Å². The van der Waals surface area contributed by atoms with E-state index >= 15 is 0 Å². The third kappa shape index (κ3) is 2.38. The number of aryl methyl sites for hydroxylation is 1. The van der Waals surface area contributed by atoms with Gasteiger partial charge in [-0.3, -0.25) is 0 Å². The predicted octanol–water partition coefficient (Wildman–Crippen LogP) is 0.795. The van der Waals surface area contributed by atoms with Crippen LogP contribution >= 0.6 is 0 Å². The zero-order chi connectivity index (χ0) is 11.7. The second-order valence-electron chi connectivity index (χ2n) is 5.37. The zero-order valence-corrected chi connectivity index (χ0v) is 10.4. The van der Waals surface area contributed by atoms with Gasteiger partial charge in [-0.1, -0.05) is 0 Å². The molecule has 4 nitrogen and oxygen atoms in total. The van der Waals surface area contributed by atoms with E-state index in [1.54, 1.807) is 0 Å². The molecule has 0 aliphatic carbocycles. The van der Waals surface area contributed by atoms with Gasteiger partial charge in [0.1, 0.15) is 5.82 Å². The smallest absolute Gasteiger partial charge is 0.110 e. The number of hydrogen-bond acceptors (Lipinski definition) is 3. The maximum absolute atomic E-state index is 6.04. The first-order valence-corrected chi connectivity index (χ1v) is 6.84. The fourth-order valence-electron chi connectivity index (χ4n) is 3.00. The molecule has 0 bridgehead atoms. The first-order valence-electron chi connectivity index (χ1n) is 6.84. The Balaban J connectivity index is 1.64. The SMILES string of the molecule is NC1CCc2cnc(CCN3CCCC3)n2C1. The van der Waals surface area contributed by atoms with Crippen molar-refractivity contribution in [3.8, 4) is 0 Å². The Hall–Kier alpha value is -0.870. The summed E-state index contributed by atoms with van der Waals surface area (Å²) in [5.41, 5.74) is 7.41. The van der Waals surface area contributed by atoms with Gasteiger partial charge < -0.3 is 15.2 Å². The molecule has 2 aliphatic rings. The van der Waals surface area contributed by atoms with Crippen molar-refractivity contribution in [2.45, 2.75) is 44.7 Å². The molecule has 0 saturated carbocycles. The highest BCUT2D eigenvalue weighted by molar-refractivity contribution is 5.09. The summed E-state index contributed by atoms with van der Waals surface area (Å²) in [5, 5.41) is 0. The van der Waals surface area contributed by atoms with E-state index in [0.29, 0.717) is 6.04 Å². The lowest BCUT2D eigenvalue weighted by atomic mass is 10.1. The van der Waals surface area contributed by atoms with E-state index < -0.39 is 0 Å². The molecule has 1 saturated heterocycles. The molecule has 17 heavy (non-hydrogen) atoms. The van der Waals surface area contributed by atoms with E-state index in [1.807, 2.05) is 6.20 Å². The normalized spacial score (nSPS) is 25.1. The fourth-order valence-corrected chi connectivity index (χ4v) is 3.00. The van der Waals surface area contributed by atoms with Crippen LogP contribution < -0.4 is 5.73 Å². The van der Waals surface area contributed by atoms with Crippen molar-refractivity contribution in [1.29, 1.82) is 0 Å². The van der Waals surface area contributed by atoms with Crippen LogP contribution in [-0.4, -0.2) is 40.1 Å². The number of nitrogens with two attached hydrogens (primary N) is 1. The number of aromatic nitrogens is 2. The lowest BCUT2D eigenvalue weighted by Crippen LogP contribution is -2.33. The quantitative estimate of drug-likeness (QED) is 0.841. The summed E-state index contributed by atoms with van der Waals surface area (Å²) < 4.78 is 2.35. The molecule has 1 atom stereocenters. The van der Waals surface area contributed by atoms with Crippen molar-refractivity contribution in [2.75, 3.05) is 19.6 Å². The van der Waals surface area contributed by atoms with E-state index in [4.69, 9.17) is 5.73 Å². The number of imidazole rings is 1. The first kappa shape index (κ1) is 11.2. The van der Waals surface area contributed by atoms with Crippen molar-refractivity contribution in [3.05, 3.63) is 17.7 Å².